The van der Waals surface area contributed by atoms with Crippen LogP contribution < -0.4 is 20.7 Å². The van der Waals surface area contributed by atoms with Crippen molar-refractivity contribution in [2.24, 2.45) is 5.92 Å². The number of hydrogen-bond donors (Lipinski definition) is 4. The van der Waals surface area contributed by atoms with Gasteiger partial charge in [0.1, 0.15) is 5.82 Å². The largest absolute Gasteiger partial charge is 0.494 e. The van der Waals surface area contributed by atoms with Crippen molar-refractivity contribution in [3.05, 3.63) is 48.3 Å². The average Bonchev–Trinajstić information content (AvgIpc) is 3.57. The summed E-state index contributed by atoms with van der Waals surface area (Å²) in [6, 6.07) is 9.04. The molecule has 0 radical (unpaired) electrons. The van der Waals surface area contributed by atoms with Gasteiger partial charge in [0, 0.05) is 37.0 Å². The molecule has 4 N–H and O–H groups in total. The van der Waals surface area contributed by atoms with E-state index in [4.69, 9.17) is 4.74 Å². The number of anilines is 3. The number of pyridine rings is 1. The molecule has 0 unspecified atom stereocenters. The number of ether oxygens (including phenoxy) is 1. The van der Waals surface area contributed by atoms with Crippen LogP contribution in [0.4, 0.5) is 17.2 Å². The average molecular weight is 479 g/mol. The molecule has 10 heteroatoms. The van der Waals surface area contributed by atoms with E-state index in [1.165, 1.54) is 6.20 Å². The van der Waals surface area contributed by atoms with Crippen LogP contribution >= 0.6 is 0 Å². The van der Waals surface area contributed by atoms with E-state index >= 15 is 0 Å². The Balaban J connectivity index is 1.68. The lowest BCUT2D eigenvalue weighted by atomic mass is 10.1. The van der Waals surface area contributed by atoms with Crippen molar-refractivity contribution in [1.82, 2.24) is 20.1 Å². The first kappa shape index (κ1) is 24.2. The first-order valence-electron chi connectivity index (χ1n) is 11.4. The molecule has 1 aromatic carbocycles. The molecule has 2 amide bonds. The molecular weight excluding hydrogens is 448 g/mol. The summed E-state index contributed by atoms with van der Waals surface area (Å²) in [5.41, 5.74) is 1.91. The molecule has 0 saturated heterocycles. The summed E-state index contributed by atoms with van der Waals surface area (Å²) in [4.78, 5) is 29.0. The van der Waals surface area contributed by atoms with Gasteiger partial charge in [-0.2, -0.15) is 5.10 Å². The van der Waals surface area contributed by atoms with Gasteiger partial charge in [-0.25, -0.2) is 4.98 Å². The van der Waals surface area contributed by atoms with Crippen molar-refractivity contribution in [2.45, 2.75) is 38.8 Å². The zero-order valence-corrected chi connectivity index (χ0v) is 20.3. The maximum absolute atomic E-state index is 12.5. The fourth-order valence-electron chi connectivity index (χ4n) is 3.71. The second-order valence-electron chi connectivity index (χ2n) is 9.18. The van der Waals surface area contributed by atoms with Crippen LogP contribution in [0, 0.1) is 5.92 Å². The van der Waals surface area contributed by atoms with Crippen LogP contribution in [0.1, 0.15) is 37.0 Å². The van der Waals surface area contributed by atoms with Crippen LogP contribution in [0.2, 0.25) is 0 Å². The van der Waals surface area contributed by atoms with E-state index in [9.17, 15) is 14.7 Å². The number of methoxy groups -OCH3 is 1. The summed E-state index contributed by atoms with van der Waals surface area (Å²) in [7, 11) is 3.10. The van der Waals surface area contributed by atoms with Gasteiger partial charge >= 0.3 is 0 Å². The van der Waals surface area contributed by atoms with Crippen molar-refractivity contribution >= 4 is 29.0 Å². The molecule has 3 aromatic rings. The van der Waals surface area contributed by atoms with Gasteiger partial charge in [0.15, 0.2) is 5.75 Å². The van der Waals surface area contributed by atoms with Gasteiger partial charge < -0.3 is 25.8 Å². The monoisotopic (exact) mass is 478 g/mol. The Hall–Kier alpha value is -3.92. The molecule has 2 aromatic heterocycles. The fourth-order valence-corrected chi connectivity index (χ4v) is 3.71. The summed E-state index contributed by atoms with van der Waals surface area (Å²) >= 11 is 0. The lowest BCUT2D eigenvalue weighted by Crippen LogP contribution is -2.26. The van der Waals surface area contributed by atoms with E-state index in [0.29, 0.717) is 40.7 Å². The lowest BCUT2D eigenvalue weighted by Gasteiger charge is -2.17. The number of carbonyl (C=O) groups excluding carboxylic acids is 2. The molecule has 184 valence electrons. The Bertz CT molecular complexity index is 1240. The zero-order chi connectivity index (χ0) is 25.2. The number of aliphatic hydroxyl groups is 1. The predicted molar refractivity (Wildman–Crippen MR) is 133 cm³/mol. The van der Waals surface area contributed by atoms with Crippen LogP contribution in [-0.2, 0) is 11.3 Å². The van der Waals surface area contributed by atoms with E-state index in [1.807, 2.05) is 24.3 Å². The van der Waals surface area contributed by atoms with Gasteiger partial charge in [-0.3, -0.25) is 14.3 Å². The SMILES string of the molecule is CNC(=O)c1cnc(NC(=O)C2CC2)cc1Nc1cccc(-c2ccn(CC(C)(C)O)n2)c1OC. The molecule has 1 aliphatic carbocycles. The van der Waals surface area contributed by atoms with Crippen LogP contribution in [0.5, 0.6) is 5.75 Å². The third-order valence-corrected chi connectivity index (χ3v) is 5.53. The number of hydrogen-bond acceptors (Lipinski definition) is 7. The molecule has 0 aliphatic heterocycles. The fraction of sp³-hybridized carbons (Fsp3) is 0.360. The Morgan fingerprint density at radius 1 is 1.23 bits per heavy atom. The molecule has 1 aliphatic rings. The smallest absolute Gasteiger partial charge is 0.254 e. The van der Waals surface area contributed by atoms with Crippen LogP contribution in [0.25, 0.3) is 11.3 Å². The maximum atomic E-state index is 12.5. The van der Waals surface area contributed by atoms with E-state index in [0.717, 1.165) is 18.4 Å². The molecule has 0 spiro atoms. The van der Waals surface area contributed by atoms with Crippen molar-refractivity contribution in [2.75, 3.05) is 24.8 Å². The molecule has 1 saturated carbocycles. The van der Waals surface area contributed by atoms with Crippen molar-refractivity contribution in [3.63, 3.8) is 0 Å². The third kappa shape index (κ3) is 5.78. The van der Waals surface area contributed by atoms with Gasteiger partial charge in [-0.1, -0.05) is 6.07 Å². The van der Waals surface area contributed by atoms with Crippen molar-refractivity contribution in [1.29, 1.82) is 0 Å². The first-order chi connectivity index (χ1) is 16.7. The summed E-state index contributed by atoms with van der Waals surface area (Å²) in [6.45, 7) is 3.79. The zero-order valence-electron chi connectivity index (χ0n) is 20.3. The first-order valence-corrected chi connectivity index (χ1v) is 11.4. The van der Waals surface area contributed by atoms with Crippen molar-refractivity contribution in [3.8, 4) is 17.0 Å². The summed E-state index contributed by atoms with van der Waals surface area (Å²) in [5.74, 6) is 0.527. The topological polar surface area (TPSA) is 130 Å². The number of amides is 2. The molecular formula is C25H30N6O4. The normalized spacial score (nSPS) is 13.3. The Morgan fingerprint density at radius 3 is 2.66 bits per heavy atom. The highest BCUT2D eigenvalue weighted by Gasteiger charge is 2.30. The molecule has 2 heterocycles. The standard InChI is InChI=1S/C25H30N6O4/c1-25(2,34)14-31-11-10-18(30-31)16-6-5-7-19(22(16)35-4)28-20-12-21(29-23(32)15-8-9-15)27-13-17(20)24(33)26-3/h5-7,10-13,15,34H,8-9,14H2,1-4H3,(H,26,33)(H2,27,28,29,32). The number of nitrogens with one attached hydrogen (secondary N) is 3. The minimum atomic E-state index is -0.902. The van der Waals surface area contributed by atoms with E-state index < -0.39 is 5.60 Å². The van der Waals surface area contributed by atoms with Gasteiger partial charge in [-0.05, 0) is 44.9 Å². The number of carbonyl (C=O) groups is 2. The van der Waals surface area contributed by atoms with Crippen LogP contribution in [-0.4, -0.2) is 51.4 Å². The Kier molecular flexibility index (Phi) is 6.74. The van der Waals surface area contributed by atoms with Gasteiger partial charge in [0.2, 0.25) is 5.91 Å². The van der Waals surface area contributed by atoms with Gasteiger partial charge in [0.05, 0.1) is 41.9 Å². The van der Waals surface area contributed by atoms with E-state index in [2.05, 4.69) is 26.0 Å². The molecule has 0 bridgehead atoms. The number of para-hydroxylation sites is 1. The molecule has 35 heavy (non-hydrogen) atoms. The summed E-state index contributed by atoms with van der Waals surface area (Å²) in [5, 5.41) is 23.4. The van der Waals surface area contributed by atoms with Gasteiger partial charge in [0.25, 0.3) is 5.91 Å². The molecule has 4 rings (SSSR count). The Labute approximate surface area is 203 Å². The number of aromatic nitrogens is 3. The second kappa shape index (κ2) is 9.75. The summed E-state index contributed by atoms with van der Waals surface area (Å²) in [6.07, 6.45) is 4.98. The maximum Gasteiger partial charge on any atom is 0.254 e. The number of nitrogens with zero attached hydrogens (tertiary/aromatic N) is 3. The van der Waals surface area contributed by atoms with Gasteiger partial charge in [-0.15, -0.1) is 0 Å². The minimum Gasteiger partial charge on any atom is -0.494 e. The number of rotatable bonds is 9. The third-order valence-electron chi connectivity index (χ3n) is 5.53. The van der Waals surface area contributed by atoms with Crippen LogP contribution in [0.3, 0.4) is 0 Å². The highest BCUT2D eigenvalue weighted by Crippen LogP contribution is 2.38. The predicted octanol–water partition coefficient (Wildman–Crippen LogP) is 3.18. The van der Waals surface area contributed by atoms with Crippen molar-refractivity contribution < 1.29 is 19.4 Å². The lowest BCUT2D eigenvalue weighted by molar-refractivity contribution is -0.117. The molecule has 1 fully saturated rings. The minimum absolute atomic E-state index is 0.0276. The highest BCUT2D eigenvalue weighted by molar-refractivity contribution is 6.01. The summed E-state index contributed by atoms with van der Waals surface area (Å²) < 4.78 is 7.40. The quantitative estimate of drug-likeness (QED) is 0.372. The Morgan fingerprint density at radius 2 is 2.00 bits per heavy atom. The highest BCUT2D eigenvalue weighted by atomic mass is 16.5. The molecule has 0 atom stereocenters. The van der Waals surface area contributed by atoms with E-state index in [-0.39, 0.29) is 17.7 Å². The number of benzene rings is 1. The van der Waals surface area contributed by atoms with Crippen LogP contribution in [0.15, 0.2) is 42.7 Å². The van der Waals surface area contributed by atoms with E-state index in [1.54, 1.807) is 44.9 Å². The molecule has 10 nitrogen and oxygen atoms in total. The second-order valence-corrected chi connectivity index (χ2v) is 9.18.